The summed E-state index contributed by atoms with van der Waals surface area (Å²) in [6.45, 7) is 5.77. The van der Waals surface area contributed by atoms with E-state index in [0.717, 1.165) is 31.0 Å². The molecule has 0 aromatic carbocycles. The van der Waals surface area contributed by atoms with Crippen molar-refractivity contribution >= 4 is 11.6 Å². The summed E-state index contributed by atoms with van der Waals surface area (Å²) in [5, 5.41) is 3.32. The normalized spacial score (nSPS) is 24.6. The van der Waals surface area contributed by atoms with E-state index in [1.54, 1.807) is 0 Å². The molecule has 0 aliphatic carbocycles. The summed E-state index contributed by atoms with van der Waals surface area (Å²) >= 11 is 0. The lowest BCUT2D eigenvalue weighted by atomic mass is 10.0. The van der Waals surface area contributed by atoms with Gasteiger partial charge in [0.05, 0.1) is 6.10 Å². The molecule has 88 valence electrons. The van der Waals surface area contributed by atoms with Crippen molar-refractivity contribution in [2.45, 2.75) is 26.4 Å². The van der Waals surface area contributed by atoms with Gasteiger partial charge in [-0.3, -0.25) is 0 Å². The molecule has 2 atom stereocenters. The van der Waals surface area contributed by atoms with Crippen LogP contribution in [0.25, 0.3) is 0 Å². The van der Waals surface area contributed by atoms with Crippen molar-refractivity contribution in [3.8, 4) is 0 Å². The maximum Gasteiger partial charge on any atom is 0.134 e. The van der Waals surface area contributed by atoms with E-state index in [1.807, 2.05) is 6.92 Å². The van der Waals surface area contributed by atoms with Crippen molar-refractivity contribution in [2.24, 2.45) is 5.92 Å². The van der Waals surface area contributed by atoms with E-state index in [9.17, 15) is 0 Å². The molecule has 1 aromatic heterocycles. The molecule has 1 saturated heterocycles. The molecule has 1 aliphatic rings. The Balaban J connectivity index is 1.96. The van der Waals surface area contributed by atoms with Crippen LogP contribution in [-0.4, -0.2) is 29.2 Å². The highest BCUT2D eigenvalue weighted by Crippen LogP contribution is 2.22. The highest BCUT2D eigenvalue weighted by atomic mass is 16.5. The van der Waals surface area contributed by atoms with Gasteiger partial charge in [-0.05, 0) is 20.3 Å². The molecule has 5 nitrogen and oxygen atoms in total. The van der Waals surface area contributed by atoms with Crippen LogP contribution in [0.15, 0.2) is 6.33 Å². The quantitative estimate of drug-likeness (QED) is 0.804. The van der Waals surface area contributed by atoms with Gasteiger partial charge in [0.25, 0.3) is 0 Å². The van der Waals surface area contributed by atoms with E-state index in [-0.39, 0.29) is 0 Å². The van der Waals surface area contributed by atoms with Crippen molar-refractivity contribution in [1.29, 1.82) is 0 Å². The zero-order chi connectivity index (χ0) is 11.5. The number of hydrogen-bond acceptors (Lipinski definition) is 5. The van der Waals surface area contributed by atoms with Crippen molar-refractivity contribution in [3.05, 3.63) is 11.9 Å². The van der Waals surface area contributed by atoms with Crippen LogP contribution in [0.3, 0.4) is 0 Å². The lowest BCUT2D eigenvalue weighted by Crippen LogP contribution is -2.21. The number of hydrogen-bond donors (Lipinski definition) is 2. The molecule has 0 bridgehead atoms. The van der Waals surface area contributed by atoms with Gasteiger partial charge < -0.3 is 15.8 Å². The molecule has 0 radical (unpaired) electrons. The van der Waals surface area contributed by atoms with Gasteiger partial charge >= 0.3 is 0 Å². The van der Waals surface area contributed by atoms with Crippen molar-refractivity contribution < 1.29 is 4.74 Å². The van der Waals surface area contributed by atoms with Gasteiger partial charge in [0.2, 0.25) is 0 Å². The minimum atomic E-state index is 0.326. The lowest BCUT2D eigenvalue weighted by Gasteiger charge is -2.16. The molecular formula is C11H18N4O. The molecule has 0 saturated carbocycles. The third-order valence-electron chi connectivity index (χ3n) is 3.19. The van der Waals surface area contributed by atoms with Crippen LogP contribution in [0.4, 0.5) is 11.6 Å². The van der Waals surface area contributed by atoms with Gasteiger partial charge in [0.15, 0.2) is 0 Å². The van der Waals surface area contributed by atoms with Crippen LogP contribution in [0.5, 0.6) is 0 Å². The summed E-state index contributed by atoms with van der Waals surface area (Å²) in [5.74, 6) is 1.91. The average molecular weight is 222 g/mol. The predicted octanol–water partition coefficient (Wildman–Crippen LogP) is 1.20. The Morgan fingerprint density at radius 2 is 2.38 bits per heavy atom. The molecule has 2 unspecified atom stereocenters. The summed E-state index contributed by atoms with van der Waals surface area (Å²) in [4.78, 5) is 8.12. The number of nitrogen functional groups attached to an aromatic ring is 1. The second-order valence-electron chi connectivity index (χ2n) is 4.24. The Morgan fingerprint density at radius 1 is 1.56 bits per heavy atom. The minimum Gasteiger partial charge on any atom is -0.383 e. The van der Waals surface area contributed by atoms with E-state index in [2.05, 4.69) is 22.2 Å². The summed E-state index contributed by atoms with van der Waals surface area (Å²) in [7, 11) is 0. The lowest BCUT2D eigenvalue weighted by molar-refractivity contribution is 0.108. The number of nitrogens with zero attached hydrogens (tertiary/aromatic N) is 2. The molecule has 3 N–H and O–H groups in total. The maximum atomic E-state index is 5.72. The van der Waals surface area contributed by atoms with E-state index in [0.29, 0.717) is 17.8 Å². The molecule has 16 heavy (non-hydrogen) atoms. The zero-order valence-corrected chi connectivity index (χ0v) is 9.73. The summed E-state index contributed by atoms with van der Waals surface area (Å²) < 4.78 is 5.51. The Labute approximate surface area is 95.4 Å². The molecule has 0 spiro atoms. The van der Waals surface area contributed by atoms with E-state index >= 15 is 0 Å². The average Bonchev–Trinajstić information content (AvgIpc) is 2.67. The number of aromatic nitrogens is 2. The van der Waals surface area contributed by atoms with Crippen LogP contribution in [0, 0.1) is 12.8 Å². The SMILES string of the molecule is Cc1c(N)ncnc1NCC1CCOC1C. The molecule has 1 aliphatic heterocycles. The Morgan fingerprint density at radius 3 is 3.06 bits per heavy atom. The first kappa shape index (κ1) is 11.1. The van der Waals surface area contributed by atoms with Crippen LogP contribution in [-0.2, 0) is 4.74 Å². The van der Waals surface area contributed by atoms with Crippen molar-refractivity contribution in [1.82, 2.24) is 9.97 Å². The first-order chi connectivity index (χ1) is 7.68. The summed E-state index contributed by atoms with van der Waals surface area (Å²) in [5.41, 5.74) is 6.63. The van der Waals surface area contributed by atoms with Crippen molar-refractivity contribution in [2.75, 3.05) is 24.2 Å². The number of anilines is 2. The third kappa shape index (κ3) is 2.24. The van der Waals surface area contributed by atoms with Crippen LogP contribution >= 0.6 is 0 Å². The Bertz CT molecular complexity index is 369. The fraction of sp³-hybridized carbons (Fsp3) is 0.636. The van der Waals surface area contributed by atoms with Gasteiger partial charge in [-0.15, -0.1) is 0 Å². The molecule has 5 heteroatoms. The zero-order valence-electron chi connectivity index (χ0n) is 9.73. The summed E-state index contributed by atoms with van der Waals surface area (Å²) in [6.07, 6.45) is 2.92. The fourth-order valence-corrected chi connectivity index (χ4v) is 1.91. The second-order valence-corrected chi connectivity index (χ2v) is 4.24. The summed E-state index contributed by atoms with van der Waals surface area (Å²) in [6, 6.07) is 0. The van der Waals surface area contributed by atoms with Gasteiger partial charge in [0.1, 0.15) is 18.0 Å². The predicted molar refractivity (Wildman–Crippen MR) is 63.2 cm³/mol. The largest absolute Gasteiger partial charge is 0.383 e. The van der Waals surface area contributed by atoms with Crippen LogP contribution < -0.4 is 11.1 Å². The first-order valence-electron chi connectivity index (χ1n) is 5.61. The standard InChI is InChI=1S/C11H18N4O/c1-7-10(12)14-6-15-11(7)13-5-9-3-4-16-8(9)2/h6,8-9H,3-5H2,1-2H3,(H3,12,13,14,15). The van der Waals surface area contributed by atoms with Crippen LogP contribution in [0.2, 0.25) is 0 Å². The number of nitrogens with two attached hydrogens (primary N) is 1. The van der Waals surface area contributed by atoms with E-state index in [4.69, 9.17) is 10.5 Å². The Kier molecular flexibility index (Phi) is 3.24. The number of nitrogens with one attached hydrogen (secondary N) is 1. The van der Waals surface area contributed by atoms with Crippen molar-refractivity contribution in [3.63, 3.8) is 0 Å². The van der Waals surface area contributed by atoms with Gasteiger partial charge in [-0.25, -0.2) is 9.97 Å². The molecule has 0 amide bonds. The first-order valence-corrected chi connectivity index (χ1v) is 5.61. The van der Waals surface area contributed by atoms with Gasteiger partial charge in [-0.2, -0.15) is 0 Å². The highest BCUT2D eigenvalue weighted by Gasteiger charge is 2.24. The molecular weight excluding hydrogens is 204 g/mol. The number of ether oxygens (including phenoxy) is 1. The fourth-order valence-electron chi connectivity index (χ4n) is 1.91. The number of rotatable bonds is 3. The Hall–Kier alpha value is -1.36. The third-order valence-corrected chi connectivity index (χ3v) is 3.19. The highest BCUT2D eigenvalue weighted by molar-refractivity contribution is 5.53. The molecule has 1 fully saturated rings. The van der Waals surface area contributed by atoms with E-state index < -0.39 is 0 Å². The van der Waals surface area contributed by atoms with E-state index in [1.165, 1.54) is 6.33 Å². The maximum absolute atomic E-state index is 5.72. The van der Waals surface area contributed by atoms with Crippen LogP contribution in [0.1, 0.15) is 18.9 Å². The molecule has 2 heterocycles. The molecule has 2 rings (SSSR count). The second kappa shape index (κ2) is 4.65. The van der Waals surface area contributed by atoms with Gasteiger partial charge in [-0.1, -0.05) is 0 Å². The smallest absolute Gasteiger partial charge is 0.134 e. The molecule has 1 aromatic rings. The minimum absolute atomic E-state index is 0.326. The van der Waals surface area contributed by atoms with Gasteiger partial charge in [0, 0.05) is 24.6 Å². The monoisotopic (exact) mass is 222 g/mol. The topological polar surface area (TPSA) is 73.1 Å².